The third-order valence-electron chi connectivity index (χ3n) is 3.99. The lowest BCUT2D eigenvalue weighted by atomic mass is 10.2. The first-order chi connectivity index (χ1) is 13.2. The summed E-state index contributed by atoms with van der Waals surface area (Å²) in [6, 6.07) is 13.3. The van der Waals surface area contributed by atoms with Gasteiger partial charge in [0, 0.05) is 25.4 Å². The summed E-state index contributed by atoms with van der Waals surface area (Å²) in [5, 5.41) is 0. The molecule has 0 saturated heterocycles. The van der Waals surface area contributed by atoms with Crippen molar-refractivity contribution in [2.45, 2.75) is 25.9 Å². The molecule has 3 rings (SSSR count). The van der Waals surface area contributed by atoms with Crippen LogP contribution in [0.3, 0.4) is 0 Å². The molecule has 0 bridgehead atoms. The number of ether oxygens (including phenoxy) is 1. The lowest BCUT2D eigenvalue weighted by molar-refractivity contribution is -0.133. The SMILES string of the molecule is O=C(CCCOc1ccc(F)cc1)N(Cc1cccnc1)Cc1ccco1. The van der Waals surface area contributed by atoms with E-state index in [9.17, 15) is 9.18 Å². The molecule has 0 aliphatic rings. The van der Waals surface area contributed by atoms with Gasteiger partial charge in [-0.2, -0.15) is 0 Å². The monoisotopic (exact) mass is 368 g/mol. The van der Waals surface area contributed by atoms with Crippen molar-refractivity contribution >= 4 is 5.91 Å². The maximum atomic E-state index is 12.9. The van der Waals surface area contributed by atoms with E-state index in [1.54, 1.807) is 41.8 Å². The summed E-state index contributed by atoms with van der Waals surface area (Å²) >= 11 is 0. The Bertz CT molecular complexity index is 820. The van der Waals surface area contributed by atoms with Crippen LogP contribution in [-0.2, 0) is 17.9 Å². The average molecular weight is 368 g/mol. The Morgan fingerprint density at radius 3 is 2.67 bits per heavy atom. The van der Waals surface area contributed by atoms with Crippen molar-refractivity contribution < 1.29 is 18.3 Å². The van der Waals surface area contributed by atoms with Gasteiger partial charge in [0.15, 0.2) is 0 Å². The Morgan fingerprint density at radius 1 is 1.11 bits per heavy atom. The molecule has 2 heterocycles. The topological polar surface area (TPSA) is 55.6 Å². The molecule has 1 aromatic carbocycles. The highest BCUT2D eigenvalue weighted by Gasteiger charge is 2.16. The van der Waals surface area contributed by atoms with Gasteiger partial charge in [-0.3, -0.25) is 9.78 Å². The zero-order chi connectivity index (χ0) is 18.9. The second-order valence-electron chi connectivity index (χ2n) is 6.10. The van der Waals surface area contributed by atoms with Crippen LogP contribution in [0.5, 0.6) is 5.75 Å². The van der Waals surface area contributed by atoms with Crippen LogP contribution in [0.25, 0.3) is 0 Å². The molecular formula is C21H21FN2O3. The van der Waals surface area contributed by atoms with Crippen molar-refractivity contribution in [3.05, 3.63) is 84.3 Å². The Hall–Kier alpha value is -3.15. The Kier molecular flexibility index (Phi) is 6.57. The highest BCUT2D eigenvalue weighted by Crippen LogP contribution is 2.14. The van der Waals surface area contributed by atoms with Crippen LogP contribution < -0.4 is 4.74 Å². The van der Waals surface area contributed by atoms with E-state index < -0.39 is 0 Å². The lowest BCUT2D eigenvalue weighted by Crippen LogP contribution is -2.30. The maximum absolute atomic E-state index is 12.9. The summed E-state index contributed by atoms with van der Waals surface area (Å²) in [7, 11) is 0. The summed E-state index contributed by atoms with van der Waals surface area (Å²) in [4.78, 5) is 18.5. The fourth-order valence-electron chi connectivity index (χ4n) is 2.64. The van der Waals surface area contributed by atoms with Crippen LogP contribution in [0.15, 0.2) is 71.6 Å². The number of hydrogen-bond donors (Lipinski definition) is 0. The molecule has 0 aliphatic carbocycles. The van der Waals surface area contributed by atoms with Crippen LogP contribution in [-0.4, -0.2) is 22.4 Å². The normalized spacial score (nSPS) is 10.6. The number of rotatable bonds is 9. The van der Waals surface area contributed by atoms with Crippen LogP contribution in [0.1, 0.15) is 24.2 Å². The highest BCUT2D eigenvalue weighted by molar-refractivity contribution is 5.76. The molecule has 0 spiro atoms. The van der Waals surface area contributed by atoms with Gasteiger partial charge in [0.2, 0.25) is 5.91 Å². The maximum Gasteiger partial charge on any atom is 0.223 e. The standard InChI is InChI=1S/C21H21FN2O3/c22-18-7-9-19(10-8-18)26-13-3-6-21(25)24(16-20-5-2-12-27-20)15-17-4-1-11-23-14-17/h1-2,4-5,7-12,14H,3,6,13,15-16H2. The van der Waals surface area contributed by atoms with Crippen molar-refractivity contribution in [2.75, 3.05) is 6.61 Å². The van der Waals surface area contributed by atoms with Crippen molar-refractivity contribution in [3.63, 3.8) is 0 Å². The van der Waals surface area contributed by atoms with E-state index in [-0.39, 0.29) is 11.7 Å². The van der Waals surface area contributed by atoms with Crippen LogP contribution in [0, 0.1) is 5.82 Å². The van der Waals surface area contributed by atoms with Gasteiger partial charge in [-0.25, -0.2) is 4.39 Å². The third kappa shape index (κ3) is 5.95. The van der Waals surface area contributed by atoms with E-state index in [2.05, 4.69) is 4.98 Å². The predicted octanol–water partition coefficient (Wildman–Crippen LogP) is 4.20. The molecule has 0 fully saturated rings. The zero-order valence-corrected chi connectivity index (χ0v) is 14.9. The van der Waals surface area contributed by atoms with E-state index in [0.717, 1.165) is 11.3 Å². The number of nitrogens with zero attached hydrogens (tertiary/aromatic N) is 2. The average Bonchev–Trinajstić information content (AvgIpc) is 3.20. The predicted molar refractivity (Wildman–Crippen MR) is 98.3 cm³/mol. The fourth-order valence-corrected chi connectivity index (χ4v) is 2.64. The van der Waals surface area contributed by atoms with Crippen molar-refractivity contribution in [2.24, 2.45) is 0 Å². The van der Waals surface area contributed by atoms with E-state index in [1.807, 2.05) is 18.2 Å². The summed E-state index contributed by atoms with van der Waals surface area (Å²) in [5.41, 5.74) is 0.958. The molecule has 140 valence electrons. The molecule has 2 aromatic heterocycles. The van der Waals surface area contributed by atoms with E-state index >= 15 is 0 Å². The minimum atomic E-state index is -0.304. The van der Waals surface area contributed by atoms with E-state index in [1.165, 1.54) is 12.1 Å². The first-order valence-corrected chi connectivity index (χ1v) is 8.78. The molecule has 0 atom stereocenters. The number of benzene rings is 1. The van der Waals surface area contributed by atoms with E-state index in [0.29, 0.717) is 38.3 Å². The first-order valence-electron chi connectivity index (χ1n) is 8.78. The highest BCUT2D eigenvalue weighted by atomic mass is 19.1. The van der Waals surface area contributed by atoms with Crippen LogP contribution in [0.2, 0.25) is 0 Å². The zero-order valence-electron chi connectivity index (χ0n) is 14.9. The number of amides is 1. The molecule has 1 amide bonds. The summed E-state index contributed by atoms with van der Waals surface area (Å²) in [6.07, 6.45) is 5.97. The van der Waals surface area contributed by atoms with E-state index in [4.69, 9.17) is 9.15 Å². The van der Waals surface area contributed by atoms with Gasteiger partial charge in [0.1, 0.15) is 17.3 Å². The number of carbonyl (C=O) groups excluding carboxylic acids is 1. The fraction of sp³-hybridized carbons (Fsp3) is 0.238. The lowest BCUT2D eigenvalue weighted by Gasteiger charge is -2.22. The number of hydrogen-bond acceptors (Lipinski definition) is 4. The van der Waals surface area contributed by atoms with Crippen LogP contribution in [0.4, 0.5) is 4.39 Å². The van der Waals surface area contributed by atoms with Gasteiger partial charge in [-0.1, -0.05) is 6.07 Å². The third-order valence-corrected chi connectivity index (χ3v) is 3.99. The van der Waals surface area contributed by atoms with Crippen molar-refractivity contribution in [1.29, 1.82) is 0 Å². The molecule has 5 nitrogen and oxygen atoms in total. The molecule has 0 N–H and O–H groups in total. The van der Waals surface area contributed by atoms with Crippen molar-refractivity contribution in [1.82, 2.24) is 9.88 Å². The summed E-state index contributed by atoms with van der Waals surface area (Å²) in [5.74, 6) is 1.03. The molecular weight excluding hydrogens is 347 g/mol. The quantitative estimate of drug-likeness (QED) is 0.531. The van der Waals surface area contributed by atoms with Gasteiger partial charge < -0.3 is 14.1 Å². The Morgan fingerprint density at radius 2 is 1.96 bits per heavy atom. The Labute approximate surface area is 157 Å². The molecule has 27 heavy (non-hydrogen) atoms. The second-order valence-corrected chi connectivity index (χ2v) is 6.10. The molecule has 0 saturated carbocycles. The molecule has 0 aliphatic heterocycles. The number of pyridine rings is 1. The summed E-state index contributed by atoms with van der Waals surface area (Å²) < 4.78 is 23.8. The van der Waals surface area contributed by atoms with Gasteiger partial charge in [-0.15, -0.1) is 0 Å². The molecule has 3 aromatic rings. The number of halogens is 1. The Balaban J connectivity index is 1.52. The summed E-state index contributed by atoms with van der Waals surface area (Å²) in [6.45, 7) is 1.25. The minimum absolute atomic E-state index is 0.0120. The second kappa shape index (κ2) is 9.52. The number of furan rings is 1. The van der Waals surface area contributed by atoms with Gasteiger partial charge >= 0.3 is 0 Å². The number of carbonyl (C=O) groups is 1. The smallest absolute Gasteiger partial charge is 0.223 e. The van der Waals surface area contributed by atoms with Crippen molar-refractivity contribution in [3.8, 4) is 5.75 Å². The van der Waals surface area contributed by atoms with Gasteiger partial charge in [0.25, 0.3) is 0 Å². The molecule has 0 unspecified atom stereocenters. The van der Waals surface area contributed by atoms with Gasteiger partial charge in [0.05, 0.1) is 19.4 Å². The molecule has 0 radical (unpaired) electrons. The molecule has 6 heteroatoms. The minimum Gasteiger partial charge on any atom is -0.494 e. The first kappa shape index (κ1) is 18.6. The van der Waals surface area contributed by atoms with Crippen LogP contribution >= 0.6 is 0 Å². The van der Waals surface area contributed by atoms with Gasteiger partial charge in [-0.05, 0) is 54.4 Å². The number of aromatic nitrogens is 1. The largest absolute Gasteiger partial charge is 0.494 e.